The molecule has 0 radical (unpaired) electrons. The third-order valence-corrected chi connectivity index (χ3v) is 4.00. The number of aliphatic hydroxyl groups is 3. The molecule has 0 spiro atoms. The maximum Gasteiger partial charge on any atom is 0.472 e. The number of nitrogen functional groups attached to an aromatic ring is 1. The average molecular weight is 379 g/mol. The van der Waals surface area contributed by atoms with Gasteiger partial charge in [0.05, 0.1) is 6.33 Å². The smallest absolute Gasteiger partial charge is 0.472 e. The molecule has 0 aromatic carbocycles. The summed E-state index contributed by atoms with van der Waals surface area (Å²) < 4.78 is 21.2. The summed E-state index contributed by atoms with van der Waals surface area (Å²) in [5.74, 6) is -0.143. The second kappa shape index (κ2) is 6.12. The molecular formula is C10H14N5O9P. The lowest BCUT2D eigenvalue weighted by molar-refractivity contribution is -0.161. The van der Waals surface area contributed by atoms with Crippen molar-refractivity contribution in [1.29, 1.82) is 0 Å². The standard InChI is InChI=1S/C10H14N5O9P/c11-6-2-7(14-10(19)13-6)15(1-12-2)8-4(17)3(16)5(23-8)9(18)24-25(20,21)22/h1,3-5,8-9,16-18H,(H2,20,21,22)(H3,11,13,14,19)/t3-,4-,5-,8+,9?/m0/s1. The summed E-state index contributed by atoms with van der Waals surface area (Å²) in [5.41, 5.74) is 5.64. The van der Waals surface area contributed by atoms with Gasteiger partial charge < -0.3 is 40.7 Å². The highest BCUT2D eigenvalue weighted by molar-refractivity contribution is 7.46. The number of nitrogens with two attached hydrogens (primary N) is 1. The lowest BCUT2D eigenvalue weighted by Crippen LogP contribution is -2.39. The van der Waals surface area contributed by atoms with Crippen LogP contribution in [0.1, 0.15) is 6.23 Å². The Morgan fingerprint density at radius 3 is 2.64 bits per heavy atom. The molecular weight excluding hydrogens is 365 g/mol. The Labute approximate surface area is 138 Å². The van der Waals surface area contributed by atoms with E-state index in [2.05, 4.69) is 19.5 Å². The van der Waals surface area contributed by atoms with E-state index in [1.165, 1.54) is 0 Å². The number of aliphatic hydroxyl groups excluding tert-OH is 3. The van der Waals surface area contributed by atoms with Crippen molar-refractivity contribution in [2.75, 3.05) is 5.73 Å². The van der Waals surface area contributed by atoms with Crippen LogP contribution >= 0.6 is 7.82 Å². The summed E-state index contributed by atoms with van der Waals surface area (Å²) >= 11 is 0. The minimum atomic E-state index is -5.06. The van der Waals surface area contributed by atoms with Crippen LogP contribution in [-0.4, -0.2) is 74.3 Å². The second-order valence-corrected chi connectivity index (χ2v) is 6.38. The topological polar surface area (TPSA) is 227 Å². The molecule has 15 heteroatoms. The molecule has 0 saturated carbocycles. The Morgan fingerprint density at radius 2 is 2.00 bits per heavy atom. The first-order valence-electron chi connectivity index (χ1n) is 6.71. The Morgan fingerprint density at radius 1 is 1.32 bits per heavy atom. The monoisotopic (exact) mass is 379 g/mol. The SMILES string of the molecule is Nc1nc(O)nc2c1ncn2[C@@H]1O[C@H](C(O)OP(=O)(O)O)[C@@H](O)[C@@H]1O. The van der Waals surface area contributed by atoms with Gasteiger partial charge >= 0.3 is 13.8 Å². The molecule has 14 nitrogen and oxygen atoms in total. The number of phosphoric ester groups is 1. The van der Waals surface area contributed by atoms with Crippen molar-refractivity contribution in [2.24, 2.45) is 0 Å². The number of hydrogen-bond acceptors (Lipinski definition) is 11. The van der Waals surface area contributed by atoms with E-state index in [0.29, 0.717) is 0 Å². The summed E-state index contributed by atoms with van der Waals surface area (Å²) in [7, 11) is -5.06. The molecule has 2 aromatic heterocycles. The first-order chi connectivity index (χ1) is 11.6. The molecule has 2 aromatic rings. The fourth-order valence-electron chi connectivity index (χ4n) is 2.46. The number of fused-ring (bicyclic) bond motifs is 1. The molecule has 0 aliphatic carbocycles. The zero-order valence-corrected chi connectivity index (χ0v) is 13.1. The minimum absolute atomic E-state index is 0.0349. The maximum atomic E-state index is 10.8. The van der Waals surface area contributed by atoms with Gasteiger partial charge in [-0.25, -0.2) is 9.55 Å². The molecule has 8 N–H and O–H groups in total. The van der Waals surface area contributed by atoms with Gasteiger partial charge in [-0.05, 0) is 0 Å². The Bertz CT molecular complexity index is 840. The van der Waals surface area contributed by atoms with Crippen molar-refractivity contribution in [2.45, 2.75) is 30.8 Å². The zero-order valence-electron chi connectivity index (χ0n) is 12.2. The predicted molar refractivity (Wildman–Crippen MR) is 76.5 cm³/mol. The van der Waals surface area contributed by atoms with Gasteiger partial charge in [0.25, 0.3) is 0 Å². The largest absolute Gasteiger partial charge is 0.479 e. The molecule has 0 bridgehead atoms. The van der Waals surface area contributed by atoms with Gasteiger partial charge in [-0.3, -0.25) is 9.09 Å². The molecule has 3 heterocycles. The molecule has 1 fully saturated rings. The first-order valence-corrected chi connectivity index (χ1v) is 8.24. The summed E-state index contributed by atoms with van der Waals surface area (Å²) in [6.45, 7) is 0. The van der Waals surface area contributed by atoms with E-state index in [1.54, 1.807) is 0 Å². The minimum Gasteiger partial charge on any atom is -0.479 e. The van der Waals surface area contributed by atoms with Crippen LogP contribution in [-0.2, 0) is 13.8 Å². The number of aromatic nitrogens is 4. The second-order valence-electron chi connectivity index (χ2n) is 5.19. The number of rotatable bonds is 4. The Balaban J connectivity index is 1.93. The first kappa shape index (κ1) is 17.9. The highest BCUT2D eigenvalue weighted by Gasteiger charge is 2.49. The normalized spacial score (nSPS) is 28.5. The van der Waals surface area contributed by atoms with Crippen molar-refractivity contribution in [1.82, 2.24) is 19.5 Å². The van der Waals surface area contributed by atoms with Crippen LogP contribution in [0.15, 0.2) is 6.33 Å². The number of phosphoric acid groups is 1. The lowest BCUT2D eigenvalue weighted by Gasteiger charge is -2.21. The van der Waals surface area contributed by atoms with Crippen LogP contribution < -0.4 is 5.73 Å². The van der Waals surface area contributed by atoms with E-state index >= 15 is 0 Å². The third-order valence-electron chi connectivity index (χ3n) is 3.51. The van der Waals surface area contributed by atoms with E-state index in [0.717, 1.165) is 10.9 Å². The molecule has 1 aliphatic rings. The van der Waals surface area contributed by atoms with Crippen LogP contribution in [0.4, 0.5) is 5.82 Å². The van der Waals surface area contributed by atoms with Crippen molar-refractivity contribution in [3.63, 3.8) is 0 Å². The van der Waals surface area contributed by atoms with Gasteiger partial charge in [0.1, 0.15) is 18.3 Å². The lowest BCUT2D eigenvalue weighted by atomic mass is 10.1. The number of imidazole rings is 1. The van der Waals surface area contributed by atoms with Gasteiger partial charge in [-0.2, -0.15) is 9.97 Å². The van der Waals surface area contributed by atoms with Crippen LogP contribution in [0.2, 0.25) is 0 Å². The highest BCUT2D eigenvalue weighted by Crippen LogP contribution is 2.41. The average Bonchev–Trinajstić information content (AvgIpc) is 3.00. The number of nitrogens with zero attached hydrogens (tertiary/aromatic N) is 4. The molecule has 0 amide bonds. The van der Waals surface area contributed by atoms with Gasteiger partial charge in [0.15, 0.2) is 29.5 Å². The molecule has 1 saturated heterocycles. The Kier molecular flexibility index (Phi) is 4.38. The summed E-state index contributed by atoms with van der Waals surface area (Å²) in [6.07, 6.45) is -7.54. The van der Waals surface area contributed by atoms with E-state index in [9.17, 15) is 25.0 Å². The summed E-state index contributed by atoms with van der Waals surface area (Å²) in [5, 5.41) is 39.2. The zero-order chi connectivity index (χ0) is 18.5. The molecule has 1 unspecified atom stereocenters. The Hall–Kier alpha value is -1.90. The van der Waals surface area contributed by atoms with Gasteiger partial charge in [0, 0.05) is 0 Å². The van der Waals surface area contributed by atoms with Crippen molar-refractivity contribution in [3.05, 3.63) is 6.33 Å². The number of anilines is 1. The van der Waals surface area contributed by atoms with Crippen LogP contribution in [0.5, 0.6) is 6.01 Å². The van der Waals surface area contributed by atoms with Crippen LogP contribution in [0, 0.1) is 0 Å². The summed E-state index contributed by atoms with van der Waals surface area (Å²) in [6, 6.07) is -0.666. The van der Waals surface area contributed by atoms with Gasteiger partial charge in [-0.1, -0.05) is 0 Å². The predicted octanol–water partition coefficient (Wildman–Crippen LogP) is -2.84. The van der Waals surface area contributed by atoms with Crippen LogP contribution in [0.25, 0.3) is 11.2 Å². The van der Waals surface area contributed by atoms with Gasteiger partial charge in [-0.15, -0.1) is 0 Å². The van der Waals surface area contributed by atoms with Gasteiger partial charge in [0.2, 0.25) is 0 Å². The van der Waals surface area contributed by atoms with E-state index < -0.39 is 44.7 Å². The van der Waals surface area contributed by atoms with E-state index in [-0.39, 0.29) is 17.0 Å². The molecule has 1 aliphatic heterocycles. The number of aromatic hydroxyl groups is 1. The van der Waals surface area contributed by atoms with Crippen molar-refractivity contribution >= 4 is 24.8 Å². The molecule has 5 atom stereocenters. The molecule has 25 heavy (non-hydrogen) atoms. The third kappa shape index (κ3) is 3.29. The van der Waals surface area contributed by atoms with Crippen molar-refractivity contribution in [3.8, 4) is 6.01 Å². The maximum absolute atomic E-state index is 10.8. The molecule has 138 valence electrons. The quantitative estimate of drug-likeness (QED) is 0.210. The summed E-state index contributed by atoms with van der Waals surface area (Å²) in [4.78, 5) is 28.5. The molecule has 3 rings (SSSR count). The fraction of sp³-hybridized carbons (Fsp3) is 0.500. The number of ether oxygens (including phenoxy) is 1. The van der Waals surface area contributed by atoms with E-state index in [4.69, 9.17) is 20.3 Å². The van der Waals surface area contributed by atoms with E-state index in [1.807, 2.05) is 0 Å². The number of hydrogen-bond donors (Lipinski definition) is 7. The van der Waals surface area contributed by atoms with Crippen molar-refractivity contribution < 1.29 is 44.0 Å². The fourth-order valence-corrected chi connectivity index (χ4v) is 2.87. The highest BCUT2D eigenvalue weighted by atomic mass is 31.2. The van der Waals surface area contributed by atoms with Crippen LogP contribution in [0.3, 0.4) is 0 Å².